The molecule has 0 saturated carbocycles. The van der Waals surface area contributed by atoms with Crippen LogP contribution in [-0.2, 0) is 36.4 Å². The quantitative estimate of drug-likeness (QED) is 0.460. The Kier molecular flexibility index (Phi) is 8.28. The normalized spacial score (nSPS) is 20.6. The second-order valence-electron chi connectivity index (χ2n) is 9.93. The van der Waals surface area contributed by atoms with Crippen LogP contribution in [0.15, 0.2) is 47.4 Å². The SMILES string of the molecule is O=C(CC1COCCC1=O)C[C@@H]1CCc2cc(C(O)(C(F)(F)F)C(F)(F)F)ccc2N1S(=O)(=O)c1ccc(F)cc1. The number of anilines is 1. The number of benzene rings is 2. The summed E-state index contributed by atoms with van der Waals surface area (Å²) in [7, 11) is -4.62. The second kappa shape index (κ2) is 11.0. The van der Waals surface area contributed by atoms with Crippen molar-refractivity contribution in [3.63, 3.8) is 0 Å². The van der Waals surface area contributed by atoms with Gasteiger partial charge in [-0.2, -0.15) is 26.3 Å². The molecule has 1 fully saturated rings. The van der Waals surface area contributed by atoms with Crippen molar-refractivity contribution >= 4 is 27.3 Å². The Morgan fingerprint density at radius 1 is 0.976 bits per heavy atom. The molecule has 4 rings (SSSR count). The van der Waals surface area contributed by atoms with E-state index in [9.17, 15) is 53.8 Å². The number of aliphatic hydroxyl groups is 1. The summed E-state index contributed by atoms with van der Waals surface area (Å²) in [6.45, 7) is 0.228. The molecular weight excluding hydrogens is 587 g/mol. The van der Waals surface area contributed by atoms with E-state index in [2.05, 4.69) is 0 Å². The van der Waals surface area contributed by atoms with Crippen molar-refractivity contribution in [2.24, 2.45) is 5.92 Å². The van der Waals surface area contributed by atoms with Gasteiger partial charge in [-0.25, -0.2) is 12.8 Å². The molecule has 15 heteroatoms. The summed E-state index contributed by atoms with van der Waals surface area (Å²) in [6, 6.07) is 3.91. The van der Waals surface area contributed by atoms with Gasteiger partial charge in [0.05, 0.1) is 29.8 Å². The maximum atomic E-state index is 13.7. The second-order valence-corrected chi connectivity index (χ2v) is 11.7. The molecule has 0 amide bonds. The van der Waals surface area contributed by atoms with Gasteiger partial charge in [0.1, 0.15) is 17.4 Å². The number of ketones is 2. The molecule has 0 aliphatic carbocycles. The van der Waals surface area contributed by atoms with E-state index in [0.717, 1.165) is 28.6 Å². The maximum Gasteiger partial charge on any atom is 0.430 e. The number of hydrogen-bond donors (Lipinski definition) is 1. The fourth-order valence-corrected chi connectivity index (χ4v) is 6.79. The number of rotatable bonds is 7. The highest BCUT2D eigenvalue weighted by molar-refractivity contribution is 7.92. The zero-order chi connectivity index (χ0) is 30.4. The Labute approximate surface area is 229 Å². The topological polar surface area (TPSA) is 101 Å². The third kappa shape index (κ3) is 5.84. The average molecular weight is 612 g/mol. The van der Waals surface area contributed by atoms with Gasteiger partial charge in [-0.3, -0.25) is 13.9 Å². The number of aryl methyl sites for hydroxylation is 1. The van der Waals surface area contributed by atoms with Crippen molar-refractivity contribution < 1.29 is 58.6 Å². The van der Waals surface area contributed by atoms with Crippen LogP contribution in [0.1, 0.15) is 36.8 Å². The molecule has 2 aromatic rings. The average Bonchev–Trinajstić information content (AvgIpc) is 2.88. The van der Waals surface area contributed by atoms with Crippen LogP contribution in [-0.4, -0.2) is 56.7 Å². The molecule has 0 aromatic heterocycles. The first kappa shape index (κ1) is 30.9. The molecule has 0 bridgehead atoms. The Hall–Kier alpha value is -3.04. The summed E-state index contributed by atoms with van der Waals surface area (Å²) >= 11 is 0. The van der Waals surface area contributed by atoms with Gasteiger partial charge in [0.25, 0.3) is 15.6 Å². The van der Waals surface area contributed by atoms with Gasteiger partial charge in [0.15, 0.2) is 0 Å². The summed E-state index contributed by atoms with van der Waals surface area (Å²) in [5, 5.41) is 9.84. The minimum Gasteiger partial charge on any atom is -0.380 e. The lowest BCUT2D eigenvalue weighted by molar-refractivity contribution is -0.376. The van der Waals surface area contributed by atoms with Crippen LogP contribution in [0.5, 0.6) is 0 Å². The van der Waals surface area contributed by atoms with Crippen molar-refractivity contribution in [2.75, 3.05) is 17.5 Å². The van der Waals surface area contributed by atoms with Crippen molar-refractivity contribution in [1.29, 1.82) is 0 Å². The molecule has 0 spiro atoms. The molecule has 1 N–H and O–H groups in total. The van der Waals surface area contributed by atoms with Crippen LogP contribution in [0.2, 0.25) is 0 Å². The highest BCUT2D eigenvalue weighted by Crippen LogP contribution is 2.51. The first-order chi connectivity index (χ1) is 19.0. The molecule has 2 aromatic carbocycles. The van der Waals surface area contributed by atoms with E-state index < -0.39 is 68.4 Å². The van der Waals surface area contributed by atoms with E-state index in [0.29, 0.717) is 18.2 Å². The van der Waals surface area contributed by atoms with E-state index in [1.165, 1.54) is 0 Å². The van der Waals surface area contributed by atoms with Crippen LogP contribution in [0.3, 0.4) is 0 Å². The fourth-order valence-electron chi connectivity index (χ4n) is 5.07. The number of fused-ring (bicyclic) bond motifs is 1. The van der Waals surface area contributed by atoms with Gasteiger partial charge in [0.2, 0.25) is 0 Å². The van der Waals surface area contributed by atoms with E-state index in [-0.39, 0.29) is 55.9 Å². The Bertz CT molecular complexity index is 1410. The number of hydrogen-bond acceptors (Lipinski definition) is 6. The molecule has 7 nitrogen and oxygen atoms in total. The molecule has 2 atom stereocenters. The number of sulfonamides is 1. The summed E-state index contributed by atoms with van der Waals surface area (Å²) in [6.07, 6.45) is -13.3. The smallest absolute Gasteiger partial charge is 0.380 e. The van der Waals surface area contributed by atoms with Gasteiger partial charge in [-0.05, 0) is 48.7 Å². The summed E-state index contributed by atoms with van der Waals surface area (Å²) in [5.74, 6) is -2.18. The van der Waals surface area contributed by atoms with E-state index in [4.69, 9.17) is 4.74 Å². The highest BCUT2D eigenvalue weighted by atomic mass is 32.2. The number of Topliss-reactive ketones (excluding diaryl/α,β-unsaturated/α-hetero) is 2. The van der Waals surface area contributed by atoms with Gasteiger partial charge >= 0.3 is 12.4 Å². The zero-order valence-corrected chi connectivity index (χ0v) is 22.0. The number of carbonyl (C=O) groups is 2. The van der Waals surface area contributed by atoms with Crippen molar-refractivity contribution in [3.8, 4) is 0 Å². The van der Waals surface area contributed by atoms with Crippen molar-refractivity contribution in [1.82, 2.24) is 0 Å². The highest BCUT2D eigenvalue weighted by Gasteiger charge is 2.71. The van der Waals surface area contributed by atoms with E-state index in [1.54, 1.807) is 0 Å². The number of carbonyl (C=O) groups excluding carboxylic acids is 2. The summed E-state index contributed by atoms with van der Waals surface area (Å²) in [4.78, 5) is 24.6. The molecule has 224 valence electrons. The van der Waals surface area contributed by atoms with Gasteiger partial charge in [-0.1, -0.05) is 12.1 Å². The molecule has 1 unspecified atom stereocenters. The third-order valence-corrected chi connectivity index (χ3v) is 9.09. The zero-order valence-electron chi connectivity index (χ0n) is 21.1. The monoisotopic (exact) mass is 611 g/mol. The summed E-state index contributed by atoms with van der Waals surface area (Å²) < 4.78 is 128. The first-order valence-corrected chi connectivity index (χ1v) is 13.8. The number of nitrogens with zero attached hydrogens (tertiary/aromatic N) is 1. The number of alkyl halides is 6. The maximum absolute atomic E-state index is 13.7. The standard InChI is InChI=1S/C26H24F7NO6S/c27-18-3-6-21(7-4-18)41(38,39)34-19(13-20(35)12-16-14-40-10-9-23(16)36)5-1-15-11-17(2-8-22(15)34)24(37,25(28,29)30)26(31,32)33/h2-4,6-8,11,16,19,37H,1,5,9-10,12-14H2/t16?,19-/m0/s1. The minimum atomic E-state index is -6.15. The fraction of sp³-hybridized carbons (Fsp3) is 0.462. The molecule has 2 aliphatic rings. The molecule has 2 heterocycles. The molecule has 1 saturated heterocycles. The van der Waals surface area contributed by atoms with Gasteiger partial charge < -0.3 is 9.84 Å². The summed E-state index contributed by atoms with van der Waals surface area (Å²) in [5.41, 5.74) is -7.33. The third-order valence-electron chi connectivity index (χ3n) is 7.21. The first-order valence-electron chi connectivity index (χ1n) is 12.4. The molecule has 0 radical (unpaired) electrons. The molecule has 41 heavy (non-hydrogen) atoms. The molecule has 2 aliphatic heterocycles. The lowest BCUT2D eigenvalue weighted by atomic mass is 9.86. The van der Waals surface area contributed by atoms with Gasteiger partial charge in [-0.15, -0.1) is 0 Å². The largest absolute Gasteiger partial charge is 0.430 e. The number of ether oxygens (including phenoxy) is 1. The van der Waals surface area contributed by atoms with Crippen molar-refractivity contribution in [2.45, 2.75) is 61.0 Å². The van der Waals surface area contributed by atoms with Crippen LogP contribution in [0.25, 0.3) is 0 Å². The molecular formula is C26H24F7NO6S. The Morgan fingerprint density at radius 3 is 2.20 bits per heavy atom. The Balaban J connectivity index is 1.76. The number of halogens is 7. The van der Waals surface area contributed by atoms with Crippen molar-refractivity contribution in [3.05, 3.63) is 59.4 Å². The lowest BCUT2D eigenvalue weighted by Crippen LogP contribution is -2.54. The van der Waals surface area contributed by atoms with Crippen LogP contribution in [0.4, 0.5) is 36.4 Å². The van der Waals surface area contributed by atoms with Crippen LogP contribution in [0, 0.1) is 11.7 Å². The van der Waals surface area contributed by atoms with Crippen LogP contribution < -0.4 is 4.31 Å². The van der Waals surface area contributed by atoms with Gasteiger partial charge in [0, 0.05) is 30.7 Å². The van der Waals surface area contributed by atoms with Crippen LogP contribution >= 0.6 is 0 Å². The predicted octanol–water partition coefficient (Wildman–Crippen LogP) is 4.60. The van der Waals surface area contributed by atoms with E-state index in [1.807, 2.05) is 0 Å². The van der Waals surface area contributed by atoms with E-state index >= 15 is 0 Å². The Morgan fingerprint density at radius 2 is 1.61 bits per heavy atom. The lowest BCUT2D eigenvalue weighted by Gasteiger charge is -2.39. The minimum absolute atomic E-state index is 0.0137. The predicted molar refractivity (Wildman–Crippen MR) is 129 cm³/mol.